The van der Waals surface area contributed by atoms with E-state index in [1.54, 1.807) is 0 Å². The van der Waals surface area contributed by atoms with Gasteiger partial charge in [0.15, 0.2) is 11.6 Å². The van der Waals surface area contributed by atoms with Gasteiger partial charge in [-0.15, -0.1) is 0 Å². The third-order valence-electron chi connectivity index (χ3n) is 2.74. The first-order valence-electron chi connectivity index (χ1n) is 5.73. The normalized spacial score (nSPS) is 11.9. The number of hydrogen-bond donors (Lipinski definition) is 1. The van der Waals surface area contributed by atoms with E-state index in [1.807, 2.05) is 0 Å². The Kier molecular flexibility index (Phi) is 3.84. The number of aromatic nitrogens is 2. The minimum atomic E-state index is -4.46. The molecular formula is C12H9F6N3. The second kappa shape index (κ2) is 5.30. The number of nitrogens with zero attached hydrogens (tertiary/aromatic N) is 2. The summed E-state index contributed by atoms with van der Waals surface area (Å²) in [7, 11) is 0. The van der Waals surface area contributed by atoms with Gasteiger partial charge in [-0.05, 0) is 0 Å². The lowest BCUT2D eigenvalue weighted by Gasteiger charge is -2.11. The standard InChI is InChI=1S/C12H9F6N3/c13-6-3-7(14)11(8(15)4-6)21-10(9(19)5-20-21)1-2-12(16,17)18/h3-5H,1-2,19H2. The molecule has 0 aliphatic heterocycles. The first kappa shape index (κ1) is 15.2. The number of halogens is 6. The van der Waals surface area contributed by atoms with E-state index >= 15 is 0 Å². The number of hydrogen-bond acceptors (Lipinski definition) is 2. The molecule has 2 rings (SSSR count). The average molecular weight is 309 g/mol. The quantitative estimate of drug-likeness (QED) is 0.884. The van der Waals surface area contributed by atoms with E-state index in [4.69, 9.17) is 5.73 Å². The summed E-state index contributed by atoms with van der Waals surface area (Å²) in [4.78, 5) is 0. The van der Waals surface area contributed by atoms with Crippen LogP contribution in [0.25, 0.3) is 5.69 Å². The largest absolute Gasteiger partial charge is 0.396 e. The second-order valence-corrected chi connectivity index (χ2v) is 4.29. The molecule has 1 heterocycles. The Morgan fingerprint density at radius 3 is 2.19 bits per heavy atom. The van der Waals surface area contributed by atoms with Crippen molar-refractivity contribution in [3.8, 4) is 5.69 Å². The smallest absolute Gasteiger partial charge is 0.389 e. The number of anilines is 1. The minimum Gasteiger partial charge on any atom is -0.396 e. The molecule has 114 valence electrons. The van der Waals surface area contributed by atoms with Gasteiger partial charge in [-0.25, -0.2) is 17.9 Å². The van der Waals surface area contributed by atoms with Gasteiger partial charge in [-0.1, -0.05) is 0 Å². The molecule has 1 aromatic heterocycles. The zero-order valence-electron chi connectivity index (χ0n) is 10.4. The molecule has 0 spiro atoms. The molecule has 0 saturated carbocycles. The summed E-state index contributed by atoms with van der Waals surface area (Å²) in [5, 5.41) is 3.56. The molecule has 0 unspecified atom stereocenters. The first-order valence-corrected chi connectivity index (χ1v) is 5.73. The lowest BCUT2D eigenvalue weighted by molar-refractivity contribution is -0.134. The molecule has 21 heavy (non-hydrogen) atoms. The number of nitrogens with two attached hydrogens (primary N) is 1. The van der Waals surface area contributed by atoms with Gasteiger partial charge >= 0.3 is 6.18 Å². The molecule has 1 aromatic carbocycles. The lowest BCUT2D eigenvalue weighted by Crippen LogP contribution is -2.13. The molecule has 2 N–H and O–H groups in total. The highest BCUT2D eigenvalue weighted by Crippen LogP contribution is 2.27. The molecule has 0 atom stereocenters. The van der Waals surface area contributed by atoms with Crippen LogP contribution >= 0.6 is 0 Å². The van der Waals surface area contributed by atoms with Crippen LogP contribution in [0.2, 0.25) is 0 Å². The van der Waals surface area contributed by atoms with Crippen LogP contribution in [-0.4, -0.2) is 16.0 Å². The Morgan fingerprint density at radius 1 is 1.10 bits per heavy atom. The molecule has 0 bridgehead atoms. The van der Waals surface area contributed by atoms with Crippen molar-refractivity contribution in [2.24, 2.45) is 0 Å². The van der Waals surface area contributed by atoms with Crippen LogP contribution in [0.4, 0.5) is 32.0 Å². The fourth-order valence-corrected chi connectivity index (χ4v) is 1.83. The zero-order valence-corrected chi connectivity index (χ0v) is 10.4. The van der Waals surface area contributed by atoms with Crippen molar-refractivity contribution in [1.82, 2.24) is 9.78 Å². The highest BCUT2D eigenvalue weighted by Gasteiger charge is 2.28. The van der Waals surface area contributed by atoms with Crippen molar-refractivity contribution < 1.29 is 26.3 Å². The van der Waals surface area contributed by atoms with Gasteiger partial charge in [0.25, 0.3) is 0 Å². The predicted molar refractivity (Wildman–Crippen MR) is 62.2 cm³/mol. The SMILES string of the molecule is Nc1cnn(-c2c(F)cc(F)cc2F)c1CCC(F)(F)F. The van der Waals surface area contributed by atoms with Crippen molar-refractivity contribution in [1.29, 1.82) is 0 Å². The third kappa shape index (κ3) is 3.29. The highest BCUT2D eigenvalue weighted by atomic mass is 19.4. The minimum absolute atomic E-state index is 0.137. The predicted octanol–water partition coefficient (Wildman–Crippen LogP) is 3.37. The summed E-state index contributed by atoms with van der Waals surface area (Å²) in [5.74, 6) is -3.72. The van der Waals surface area contributed by atoms with Crippen molar-refractivity contribution in [3.05, 3.63) is 41.5 Å². The van der Waals surface area contributed by atoms with Gasteiger partial charge in [0.05, 0.1) is 17.6 Å². The molecular weight excluding hydrogens is 300 g/mol. The second-order valence-electron chi connectivity index (χ2n) is 4.29. The summed E-state index contributed by atoms with van der Waals surface area (Å²) in [6.07, 6.45) is -5.31. The van der Waals surface area contributed by atoms with Crippen molar-refractivity contribution in [2.75, 3.05) is 5.73 Å². The van der Waals surface area contributed by atoms with E-state index in [0.717, 1.165) is 6.20 Å². The van der Waals surface area contributed by atoms with Crippen molar-refractivity contribution in [3.63, 3.8) is 0 Å². The number of benzene rings is 1. The van der Waals surface area contributed by atoms with E-state index in [2.05, 4.69) is 5.10 Å². The highest BCUT2D eigenvalue weighted by molar-refractivity contribution is 5.47. The van der Waals surface area contributed by atoms with E-state index in [-0.39, 0.29) is 11.4 Å². The van der Waals surface area contributed by atoms with E-state index in [9.17, 15) is 26.3 Å². The van der Waals surface area contributed by atoms with Crippen LogP contribution in [0.3, 0.4) is 0 Å². The third-order valence-corrected chi connectivity index (χ3v) is 2.74. The van der Waals surface area contributed by atoms with Crippen molar-refractivity contribution in [2.45, 2.75) is 19.0 Å². The van der Waals surface area contributed by atoms with Crippen LogP contribution < -0.4 is 5.73 Å². The van der Waals surface area contributed by atoms with Crippen LogP contribution in [0.5, 0.6) is 0 Å². The Hall–Kier alpha value is -2.19. The van der Waals surface area contributed by atoms with Crippen LogP contribution in [0, 0.1) is 17.5 Å². The van der Waals surface area contributed by atoms with Gasteiger partial charge < -0.3 is 5.73 Å². The molecule has 0 fully saturated rings. The Morgan fingerprint density at radius 2 is 1.67 bits per heavy atom. The number of rotatable bonds is 3. The summed E-state index contributed by atoms with van der Waals surface area (Å²) in [5.41, 5.74) is 4.36. The van der Waals surface area contributed by atoms with E-state index in [1.165, 1.54) is 0 Å². The monoisotopic (exact) mass is 309 g/mol. The van der Waals surface area contributed by atoms with Gasteiger partial charge in [-0.3, -0.25) is 0 Å². The van der Waals surface area contributed by atoms with Crippen LogP contribution in [-0.2, 0) is 6.42 Å². The summed E-state index contributed by atoms with van der Waals surface area (Å²) in [6.45, 7) is 0. The Labute approximate surface area is 115 Å². The first-order chi connectivity index (χ1) is 9.69. The number of alkyl halides is 3. The maximum Gasteiger partial charge on any atom is 0.389 e. The molecule has 3 nitrogen and oxygen atoms in total. The van der Waals surface area contributed by atoms with Crippen LogP contribution in [0.1, 0.15) is 12.1 Å². The van der Waals surface area contributed by atoms with E-state index in [0.29, 0.717) is 16.8 Å². The lowest BCUT2D eigenvalue weighted by atomic mass is 10.2. The molecule has 0 radical (unpaired) electrons. The fraction of sp³-hybridized carbons (Fsp3) is 0.250. The molecule has 0 saturated heterocycles. The van der Waals surface area contributed by atoms with Crippen molar-refractivity contribution >= 4 is 5.69 Å². The number of nitrogen functional groups attached to an aromatic ring is 1. The van der Waals surface area contributed by atoms with Gasteiger partial charge in [0, 0.05) is 25.0 Å². The topological polar surface area (TPSA) is 43.8 Å². The average Bonchev–Trinajstić information content (AvgIpc) is 2.66. The summed E-state index contributed by atoms with van der Waals surface area (Å²) in [6, 6.07) is 0.813. The summed E-state index contributed by atoms with van der Waals surface area (Å²) < 4.78 is 77.6. The van der Waals surface area contributed by atoms with Gasteiger partial charge in [0.2, 0.25) is 0 Å². The van der Waals surface area contributed by atoms with Gasteiger partial charge in [0.1, 0.15) is 11.5 Å². The molecule has 9 heteroatoms. The maximum atomic E-state index is 13.7. The summed E-state index contributed by atoms with van der Waals surface area (Å²) >= 11 is 0. The molecule has 2 aromatic rings. The van der Waals surface area contributed by atoms with E-state index < -0.39 is 42.2 Å². The zero-order chi connectivity index (χ0) is 15.8. The Balaban J connectivity index is 2.47. The van der Waals surface area contributed by atoms with Gasteiger partial charge in [-0.2, -0.15) is 18.3 Å². The molecule has 0 aliphatic carbocycles. The molecule has 0 aliphatic rings. The fourth-order valence-electron chi connectivity index (χ4n) is 1.83. The maximum absolute atomic E-state index is 13.7. The Bertz CT molecular complexity index is 638. The van der Waals surface area contributed by atoms with Crippen LogP contribution in [0.15, 0.2) is 18.3 Å². The molecule has 0 amide bonds.